The SMILES string of the molecule is CC1(C)CCN(C(Cc2ccccc2)Nc2nc(=O)oc3ccccc23)C(C(N)=O)C1. The van der Waals surface area contributed by atoms with Crippen molar-refractivity contribution >= 4 is 22.7 Å². The first-order valence-corrected chi connectivity index (χ1v) is 10.6. The van der Waals surface area contributed by atoms with Gasteiger partial charge >= 0.3 is 5.76 Å². The van der Waals surface area contributed by atoms with Gasteiger partial charge in [-0.1, -0.05) is 56.3 Å². The van der Waals surface area contributed by atoms with Gasteiger partial charge in [0.05, 0.1) is 17.6 Å². The van der Waals surface area contributed by atoms with Gasteiger partial charge in [0.15, 0.2) is 0 Å². The summed E-state index contributed by atoms with van der Waals surface area (Å²) < 4.78 is 5.24. The van der Waals surface area contributed by atoms with Crippen LogP contribution >= 0.6 is 0 Å². The summed E-state index contributed by atoms with van der Waals surface area (Å²) in [6.07, 6.45) is 1.98. The molecular weight excluding hydrogens is 392 g/mol. The molecule has 0 saturated carbocycles. The maximum Gasteiger partial charge on any atom is 0.441 e. The molecule has 0 bridgehead atoms. The number of likely N-dealkylation sites (tertiary alicyclic amines) is 1. The van der Waals surface area contributed by atoms with Crippen molar-refractivity contribution in [2.24, 2.45) is 11.1 Å². The Morgan fingerprint density at radius 1 is 1.23 bits per heavy atom. The van der Waals surface area contributed by atoms with E-state index < -0.39 is 11.8 Å². The lowest BCUT2D eigenvalue weighted by molar-refractivity contribution is -0.127. The zero-order valence-electron chi connectivity index (χ0n) is 17.9. The van der Waals surface area contributed by atoms with Gasteiger partial charge in [0.25, 0.3) is 0 Å². The standard InChI is InChI=1S/C24H28N4O3/c1-24(2)12-13-28(18(15-24)21(25)29)20(14-16-8-4-3-5-9-16)26-22-17-10-6-7-11-19(17)31-23(30)27-22/h3-11,18,20H,12-15H2,1-2H3,(H2,25,29)(H,26,27,30). The maximum absolute atomic E-state index is 12.4. The summed E-state index contributed by atoms with van der Waals surface area (Å²) in [5.41, 5.74) is 7.44. The van der Waals surface area contributed by atoms with Crippen LogP contribution in [0.4, 0.5) is 5.82 Å². The van der Waals surface area contributed by atoms with Crippen molar-refractivity contribution in [2.75, 3.05) is 11.9 Å². The highest BCUT2D eigenvalue weighted by Crippen LogP contribution is 2.35. The molecule has 0 spiro atoms. The van der Waals surface area contributed by atoms with Crippen LogP contribution < -0.4 is 16.8 Å². The molecule has 1 aromatic heterocycles. The Labute approximate surface area is 181 Å². The summed E-state index contributed by atoms with van der Waals surface area (Å²) in [5.74, 6) is -0.551. The Morgan fingerprint density at radius 3 is 2.68 bits per heavy atom. The number of hydrogen-bond acceptors (Lipinski definition) is 6. The Bertz CT molecular complexity index is 1130. The molecule has 0 aliphatic carbocycles. The summed E-state index contributed by atoms with van der Waals surface area (Å²) in [4.78, 5) is 30.7. The number of benzene rings is 2. The van der Waals surface area contributed by atoms with E-state index in [4.69, 9.17) is 10.2 Å². The molecule has 0 radical (unpaired) electrons. The molecule has 2 atom stereocenters. The molecule has 1 saturated heterocycles. The number of primary amides is 1. The average Bonchev–Trinajstić information content (AvgIpc) is 2.73. The summed E-state index contributed by atoms with van der Waals surface area (Å²) in [5, 5.41) is 4.16. The van der Waals surface area contributed by atoms with Gasteiger partial charge in [-0.05, 0) is 36.0 Å². The van der Waals surface area contributed by atoms with E-state index in [-0.39, 0.29) is 17.5 Å². The van der Waals surface area contributed by atoms with Gasteiger partial charge < -0.3 is 15.5 Å². The van der Waals surface area contributed by atoms with E-state index in [1.807, 2.05) is 48.5 Å². The molecule has 4 rings (SSSR count). The molecule has 1 aliphatic rings. The summed E-state index contributed by atoms with van der Waals surface area (Å²) in [6.45, 7) is 5.04. The molecule has 31 heavy (non-hydrogen) atoms. The number of piperidine rings is 1. The van der Waals surface area contributed by atoms with Crippen LogP contribution in [0.3, 0.4) is 0 Å². The number of nitrogens with zero attached hydrogens (tertiary/aromatic N) is 2. The third kappa shape index (κ3) is 4.77. The number of para-hydroxylation sites is 1. The minimum atomic E-state index is -0.661. The van der Waals surface area contributed by atoms with Gasteiger partial charge in [0, 0.05) is 13.0 Å². The van der Waals surface area contributed by atoms with E-state index in [0.717, 1.165) is 12.0 Å². The lowest BCUT2D eigenvalue weighted by Crippen LogP contribution is -2.58. The number of carbonyl (C=O) groups excluding carboxylic acids is 1. The first-order chi connectivity index (χ1) is 14.8. The van der Waals surface area contributed by atoms with Crippen LogP contribution in [0.1, 0.15) is 32.3 Å². The van der Waals surface area contributed by atoms with E-state index in [1.165, 1.54) is 0 Å². The minimum Gasteiger partial charge on any atom is -0.408 e. The molecule has 1 fully saturated rings. The Kier molecular flexibility index (Phi) is 5.78. The number of aromatic nitrogens is 1. The Morgan fingerprint density at radius 2 is 1.94 bits per heavy atom. The van der Waals surface area contributed by atoms with E-state index in [1.54, 1.807) is 6.07 Å². The normalized spacial score (nSPS) is 19.7. The van der Waals surface area contributed by atoms with Crippen LogP contribution in [0.5, 0.6) is 0 Å². The number of fused-ring (bicyclic) bond motifs is 1. The van der Waals surface area contributed by atoms with Crippen LogP contribution in [0.25, 0.3) is 11.0 Å². The Hall–Kier alpha value is -3.19. The third-order valence-electron chi connectivity index (χ3n) is 6.04. The molecule has 7 heteroatoms. The monoisotopic (exact) mass is 420 g/mol. The number of nitrogens with one attached hydrogen (secondary N) is 1. The van der Waals surface area contributed by atoms with Crippen LogP contribution in [-0.2, 0) is 11.2 Å². The quantitative estimate of drug-likeness (QED) is 0.635. The third-order valence-corrected chi connectivity index (χ3v) is 6.04. The van der Waals surface area contributed by atoms with Crippen LogP contribution in [0, 0.1) is 5.41 Å². The van der Waals surface area contributed by atoms with Crippen molar-refractivity contribution in [3.63, 3.8) is 0 Å². The number of amides is 1. The van der Waals surface area contributed by atoms with Crippen LogP contribution in [-0.4, -0.2) is 34.5 Å². The number of carbonyl (C=O) groups is 1. The fraction of sp³-hybridized carbons (Fsp3) is 0.375. The average molecular weight is 421 g/mol. The smallest absolute Gasteiger partial charge is 0.408 e. The fourth-order valence-corrected chi connectivity index (χ4v) is 4.34. The van der Waals surface area contributed by atoms with Crippen LogP contribution in [0.15, 0.2) is 63.8 Å². The number of anilines is 1. The number of rotatable bonds is 6. The summed E-state index contributed by atoms with van der Waals surface area (Å²) in [7, 11) is 0. The van der Waals surface area contributed by atoms with E-state index in [2.05, 4.69) is 29.0 Å². The molecule has 1 aliphatic heterocycles. The lowest BCUT2D eigenvalue weighted by atomic mass is 9.78. The minimum absolute atomic E-state index is 0.0340. The highest BCUT2D eigenvalue weighted by atomic mass is 16.4. The van der Waals surface area contributed by atoms with Gasteiger partial charge in [-0.2, -0.15) is 4.98 Å². The van der Waals surface area contributed by atoms with Crippen molar-refractivity contribution in [3.05, 3.63) is 70.7 Å². The molecule has 3 aromatic rings. The molecule has 7 nitrogen and oxygen atoms in total. The largest absolute Gasteiger partial charge is 0.441 e. The van der Waals surface area contributed by atoms with Crippen LogP contribution in [0.2, 0.25) is 0 Å². The van der Waals surface area contributed by atoms with Crippen molar-refractivity contribution in [1.29, 1.82) is 0 Å². The molecular formula is C24H28N4O3. The molecule has 2 unspecified atom stereocenters. The highest BCUT2D eigenvalue weighted by Gasteiger charge is 2.39. The molecule has 1 amide bonds. The second-order valence-corrected chi connectivity index (χ2v) is 8.95. The highest BCUT2D eigenvalue weighted by molar-refractivity contribution is 5.87. The van der Waals surface area contributed by atoms with Crippen molar-refractivity contribution in [1.82, 2.24) is 9.88 Å². The van der Waals surface area contributed by atoms with Crippen molar-refractivity contribution < 1.29 is 9.21 Å². The second kappa shape index (κ2) is 8.51. The van der Waals surface area contributed by atoms with Gasteiger partial charge in [-0.3, -0.25) is 9.69 Å². The van der Waals surface area contributed by atoms with Crippen molar-refractivity contribution in [3.8, 4) is 0 Å². The number of hydrogen-bond donors (Lipinski definition) is 2. The first kappa shape index (κ1) is 21.1. The molecule has 162 valence electrons. The predicted octanol–water partition coefficient (Wildman–Crippen LogP) is 3.14. The maximum atomic E-state index is 12.4. The van der Waals surface area contributed by atoms with Crippen molar-refractivity contribution in [2.45, 2.75) is 45.3 Å². The summed E-state index contributed by atoms with van der Waals surface area (Å²) >= 11 is 0. The summed E-state index contributed by atoms with van der Waals surface area (Å²) in [6, 6.07) is 16.9. The number of nitrogens with two attached hydrogens (primary N) is 1. The fourth-order valence-electron chi connectivity index (χ4n) is 4.34. The zero-order chi connectivity index (χ0) is 22.0. The van der Waals surface area contributed by atoms with E-state index >= 15 is 0 Å². The van der Waals surface area contributed by atoms with E-state index in [9.17, 15) is 9.59 Å². The van der Waals surface area contributed by atoms with Gasteiger partial charge in [0.1, 0.15) is 11.4 Å². The van der Waals surface area contributed by atoms with Gasteiger partial charge in [-0.25, -0.2) is 4.79 Å². The molecule has 3 N–H and O–H groups in total. The first-order valence-electron chi connectivity index (χ1n) is 10.6. The molecule has 2 aromatic carbocycles. The van der Waals surface area contributed by atoms with E-state index in [0.29, 0.717) is 36.2 Å². The second-order valence-electron chi connectivity index (χ2n) is 8.95. The Balaban J connectivity index is 1.73. The predicted molar refractivity (Wildman–Crippen MR) is 121 cm³/mol. The van der Waals surface area contributed by atoms with Gasteiger partial charge in [-0.15, -0.1) is 0 Å². The topological polar surface area (TPSA) is 101 Å². The lowest BCUT2D eigenvalue weighted by Gasteiger charge is -2.45. The zero-order valence-corrected chi connectivity index (χ0v) is 17.9. The van der Waals surface area contributed by atoms with Gasteiger partial charge in [0.2, 0.25) is 5.91 Å². The molecule has 2 heterocycles.